The molecule has 5 nitrogen and oxygen atoms in total. The molecule has 0 aromatic heterocycles. The Morgan fingerprint density at radius 2 is 1.70 bits per heavy atom. The molecule has 1 amide bonds. The van der Waals surface area contributed by atoms with Gasteiger partial charge in [-0.1, -0.05) is 42.5 Å². The third-order valence-electron chi connectivity index (χ3n) is 5.22. The molecule has 1 saturated heterocycles. The molecule has 1 N–H and O–H groups in total. The van der Waals surface area contributed by atoms with Crippen molar-refractivity contribution in [2.24, 2.45) is 0 Å². The normalized spacial score (nSPS) is 16.0. The van der Waals surface area contributed by atoms with Gasteiger partial charge in [-0.3, -0.25) is 9.69 Å². The van der Waals surface area contributed by atoms with Crippen LogP contribution in [0.3, 0.4) is 0 Å². The third kappa shape index (κ3) is 5.01. The third-order valence-corrected chi connectivity index (χ3v) is 5.22. The maximum atomic E-state index is 12.5. The quantitative estimate of drug-likeness (QED) is 0.817. The van der Waals surface area contributed by atoms with Crippen LogP contribution >= 0.6 is 0 Å². The summed E-state index contributed by atoms with van der Waals surface area (Å²) in [7, 11) is 1.71. The molecule has 0 spiro atoms. The summed E-state index contributed by atoms with van der Waals surface area (Å²) in [6.07, 6.45) is 0.862. The highest BCUT2D eigenvalue weighted by atomic mass is 16.5. The van der Waals surface area contributed by atoms with E-state index in [9.17, 15) is 4.79 Å². The van der Waals surface area contributed by atoms with Gasteiger partial charge in [0.05, 0.1) is 18.8 Å². The van der Waals surface area contributed by atoms with Gasteiger partial charge in [0.15, 0.2) is 0 Å². The van der Waals surface area contributed by atoms with Crippen LogP contribution in [0.1, 0.15) is 12.5 Å². The van der Waals surface area contributed by atoms with Crippen LogP contribution in [0, 0.1) is 0 Å². The largest absolute Gasteiger partial charge is 0.495 e. The van der Waals surface area contributed by atoms with Crippen LogP contribution in [0.2, 0.25) is 0 Å². The Hall–Kier alpha value is -2.53. The van der Waals surface area contributed by atoms with Gasteiger partial charge in [-0.25, -0.2) is 0 Å². The number of carbonyl (C=O) groups excluding carboxylic acids is 1. The number of carbonyl (C=O) groups is 1. The lowest BCUT2D eigenvalue weighted by Crippen LogP contribution is -2.54. The van der Waals surface area contributed by atoms with E-state index in [2.05, 4.69) is 33.3 Å². The highest BCUT2D eigenvalue weighted by molar-refractivity contribution is 5.81. The number of methoxy groups -OCH3 is 1. The Balaban J connectivity index is 1.46. The highest BCUT2D eigenvalue weighted by Gasteiger charge is 2.26. The second-order valence-electron chi connectivity index (χ2n) is 6.90. The standard InChI is InChI=1S/C22H29N3O2/c1-18(22(26)23-13-12-19-8-4-3-5-9-19)24-14-16-25(17-15-24)20-10-6-7-11-21(20)27-2/h3-11,18H,12-17H2,1-2H3,(H,23,26)/t18-/m0/s1. The first-order valence-electron chi connectivity index (χ1n) is 9.62. The van der Waals surface area contributed by atoms with E-state index in [-0.39, 0.29) is 11.9 Å². The molecule has 144 valence electrons. The number of nitrogens with one attached hydrogen (secondary N) is 1. The van der Waals surface area contributed by atoms with Gasteiger partial charge < -0.3 is 15.0 Å². The van der Waals surface area contributed by atoms with Crippen molar-refractivity contribution in [1.82, 2.24) is 10.2 Å². The summed E-state index contributed by atoms with van der Waals surface area (Å²) >= 11 is 0. The van der Waals surface area contributed by atoms with E-state index in [1.54, 1.807) is 7.11 Å². The molecule has 0 saturated carbocycles. The minimum absolute atomic E-state index is 0.108. The molecule has 0 aliphatic carbocycles. The lowest BCUT2D eigenvalue weighted by Gasteiger charge is -2.38. The van der Waals surface area contributed by atoms with Gasteiger partial charge in [-0.2, -0.15) is 0 Å². The van der Waals surface area contributed by atoms with Crippen molar-refractivity contribution in [1.29, 1.82) is 0 Å². The van der Waals surface area contributed by atoms with Gasteiger partial charge in [-0.05, 0) is 31.0 Å². The van der Waals surface area contributed by atoms with E-state index in [0.29, 0.717) is 6.54 Å². The van der Waals surface area contributed by atoms with E-state index in [0.717, 1.165) is 44.0 Å². The van der Waals surface area contributed by atoms with Crippen molar-refractivity contribution in [3.8, 4) is 5.75 Å². The molecule has 2 aromatic rings. The van der Waals surface area contributed by atoms with Crippen molar-refractivity contribution < 1.29 is 9.53 Å². The average Bonchev–Trinajstić information content (AvgIpc) is 2.74. The maximum Gasteiger partial charge on any atom is 0.237 e. The molecule has 1 aliphatic rings. The summed E-state index contributed by atoms with van der Waals surface area (Å²) in [5, 5.41) is 3.08. The zero-order chi connectivity index (χ0) is 19.1. The Labute approximate surface area is 161 Å². The number of hydrogen-bond acceptors (Lipinski definition) is 4. The monoisotopic (exact) mass is 367 g/mol. The van der Waals surface area contributed by atoms with E-state index in [4.69, 9.17) is 4.74 Å². The Kier molecular flexibility index (Phi) is 6.71. The summed E-state index contributed by atoms with van der Waals surface area (Å²) in [4.78, 5) is 17.1. The molecule has 2 aromatic carbocycles. The van der Waals surface area contributed by atoms with Gasteiger partial charge in [0.2, 0.25) is 5.91 Å². The van der Waals surface area contributed by atoms with Gasteiger partial charge >= 0.3 is 0 Å². The molecule has 3 rings (SSSR count). The lowest BCUT2D eigenvalue weighted by atomic mass is 10.1. The molecule has 0 unspecified atom stereocenters. The fourth-order valence-electron chi connectivity index (χ4n) is 3.53. The lowest BCUT2D eigenvalue weighted by molar-refractivity contribution is -0.125. The zero-order valence-corrected chi connectivity index (χ0v) is 16.2. The topological polar surface area (TPSA) is 44.8 Å². The smallest absolute Gasteiger partial charge is 0.237 e. The summed E-state index contributed by atoms with van der Waals surface area (Å²) in [6, 6.07) is 18.2. The molecular weight excluding hydrogens is 338 g/mol. The molecule has 1 fully saturated rings. The van der Waals surface area contributed by atoms with E-state index in [1.807, 2.05) is 43.3 Å². The van der Waals surface area contributed by atoms with Crippen molar-refractivity contribution in [2.75, 3.05) is 44.7 Å². The Morgan fingerprint density at radius 1 is 1.04 bits per heavy atom. The predicted molar refractivity (Wildman–Crippen MR) is 109 cm³/mol. The number of amides is 1. The van der Waals surface area contributed by atoms with E-state index >= 15 is 0 Å². The first kappa shape index (κ1) is 19.2. The number of piperazine rings is 1. The Bertz CT molecular complexity index is 727. The predicted octanol–water partition coefficient (Wildman–Crippen LogP) is 2.56. The minimum Gasteiger partial charge on any atom is -0.495 e. The zero-order valence-electron chi connectivity index (χ0n) is 16.2. The maximum absolute atomic E-state index is 12.5. The van der Waals surface area contributed by atoms with Gasteiger partial charge in [0, 0.05) is 32.7 Å². The van der Waals surface area contributed by atoms with Gasteiger partial charge in [-0.15, -0.1) is 0 Å². The van der Waals surface area contributed by atoms with Crippen LogP contribution in [0.5, 0.6) is 5.75 Å². The fraction of sp³-hybridized carbons (Fsp3) is 0.409. The summed E-state index contributed by atoms with van der Waals surface area (Å²) < 4.78 is 5.47. The van der Waals surface area contributed by atoms with Gasteiger partial charge in [0.1, 0.15) is 5.75 Å². The number of ether oxygens (including phenoxy) is 1. The van der Waals surface area contributed by atoms with Crippen LogP contribution in [0.4, 0.5) is 5.69 Å². The van der Waals surface area contributed by atoms with Crippen LogP contribution in [0.25, 0.3) is 0 Å². The highest BCUT2D eigenvalue weighted by Crippen LogP contribution is 2.28. The number of rotatable bonds is 7. The van der Waals surface area contributed by atoms with Crippen molar-refractivity contribution in [3.63, 3.8) is 0 Å². The van der Waals surface area contributed by atoms with E-state index < -0.39 is 0 Å². The number of nitrogens with zero attached hydrogens (tertiary/aromatic N) is 2. The molecule has 0 radical (unpaired) electrons. The van der Waals surface area contributed by atoms with Crippen molar-refractivity contribution in [3.05, 3.63) is 60.2 Å². The van der Waals surface area contributed by atoms with Crippen molar-refractivity contribution >= 4 is 11.6 Å². The summed E-state index contributed by atoms with van der Waals surface area (Å²) in [6.45, 7) is 6.19. The summed E-state index contributed by atoms with van der Waals surface area (Å²) in [5.74, 6) is 1.01. The molecule has 1 atom stereocenters. The molecule has 5 heteroatoms. The number of benzene rings is 2. The first-order valence-corrected chi connectivity index (χ1v) is 9.62. The number of hydrogen-bond donors (Lipinski definition) is 1. The number of para-hydroxylation sites is 2. The van der Waals surface area contributed by atoms with Crippen LogP contribution in [-0.2, 0) is 11.2 Å². The van der Waals surface area contributed by atoms with E-state index in [1.165, 1.54) is 5.56 Å². The van der Waals surface area contributed by atoms with Crippen LogP contribution in [0.15, 0.2) is 54.6 Å². The minimum atomic E-state index is -0.111. The van der Waals surface area contributed by atoms with Gasteiger partial charge in [0.25, 0.3) is 0 Å². The van der Waals surface area contributed by atoms with Crippen LogP contribution in [-0.4, -0.2) is 56.7 Å². The molecule has 1 aliphatic heterocycles. The molecular formula is C22H29N3O2. The first-order chi connectivity index (χ1) is 13.2. The SMILES string of the molecule is COc1ccccc1N1CCN([C@@H](C)C(=O)NCCc2ccccc2)CC1. The second kappa shape index (κ2) is 9.42. The molecule has 27 heavy (non-hydrogen) atoms. The summed E-state index contributed by atoms with van der Waals surface area (Å²) in [5.41, 5.74) is 2.37. The number of anilines is 1. The second-order valence-corrected chi connectivity index (χ2v) is 6.90. The van der Waals surface area contributed by atoms with Crippen molar-refractivity contribution in [2.45, 2.75) is 19.4 Å². The Morgan fingerprint density at radius 3 is 2.41 bits per heavy atom. The molecule has 0 bridgehead atoms. The molecule has 1 heterocycles. The average molecular weight is 367 g/mol. The fourth-order valence-corrected chi connectivity index (χ4v) is 3.53. The van der Waals surface area contributed by atoms with Crippen LogP contribution < -0.4 is 15.0 Å².